The minimum atomic E-state index is -0.486. The Kier molecular flexibility index (Phi) is 4.17. The van der Waals surface area contributed by atoms with Crippen LogP contribution in [0.1, 0.15) is 16.1 Å². The third-order valence-electron chi connectivity index (χ3n) is 3.41. The Morgan fingerprint density at radius 2 is 1.83 bits per heavy atom. The Morgan fingerprint density at radius 1 is 1.13 bits per heavy atom. The Morgan fingerprint density at radius 3 is 2.52 bits per heavy atom. The van der Waals surface area contributed by atoms with E-state index >= 15 is 0 Å². The number of furan rings is 1. The van der Waals surface area contributed by atoms with Crippen molar-refractivity contribution in [3.63, 3.8) is 0 Å². The van der Waals surface area contributed by atoms with Crippen molar-refractivity contribution < 1.29 is 13.6 Å². The van der Waals surface area contributed by atoms with Crippen LogP contribution in [0.3, 0.4) is 0 Å². The van der Waals surface area contributed by atoms with Gasteiger partial charge < -0.3 is 9.73 Å². The van der Waals surface area contributed by atoms with Gasteiger partial charge in [-0.3, -0.25) is 4.79 Å². The number of carbonyl (C=O) groups excluding carboxylic acids is 1. The highest BCUT2D eigenvalue weighted by Gasteiger charge is 2.17. The highest BCUT2D eigenvalue weighted by molar-refractivity contribution is 6.30. The summed E-state index contributed by atoms with van der Waals surface area (Å²) in [7, 11) is 0. The van der Waals surface area contributed by atoms with Gasteiger partial charge in [0.2, 0.25) is 0 Å². The fraction of sp³-hybridized carbons (Fsp3) is 0.0556. The predicted molar refractivity (Wildman–Crippen MR) is 88.2 cm³/mol. The highest BCUT2D eigenvalue weighted by Crippen LogP contribution is 2.27. The summed E-state index contributed by atoms with van der Waals surface area (Å²) in [6.07, 6.45) is 0. The summed E-state index contributed by atoms with van der Waals surface area (Å²) in [5.74, 6) is 0.109. The molecule has 3 nitrogen and oxygen atoms in total. The van der Waals surface area contributed by atoms with E-state index in [1.165, 1.54) is 12.1 Å². The van der Waals surface area contributed by atoms with Crippen molar-refractivity contribution >= 4 is 23.2 Å². The quantitative estimate of drug-likeness (QED) is 0.708. The molecule has 1 N–H and O–H groups in total. The van der Waals surface area contributed by atoms with E-state index in [9.17, 15) is 9.18 Å². The van der Waals surface area contributed by atoms with Crippen LogP contribution in [0.25, 0.3) is 11.3 Å². The van der Waals surface area contributed by atoms with E-state index in [0.29, 0.717) is 22.1 Å². The molecule has 1 aromatic heterocycles. The molecule has 0 spiro atoms. The first-order chi connectivity index (χ1) is 11.0. The van der Waals surface area contributed by atoms with E-state index in [-0.39, 0.29) is 5.69 Å². The lowest BCUT2D eigenvalue weighted by Crippen LogP contribution is -2.13. The van der Waals surface area contributed by atoms with Crippen molar-refractivity contribution in [1.82, 2.24) is 0 Å². The molecule has 2 aromatic carbocycles. The van der Waals surface area contributed by atoms with Crippen molar-refractivity contribution in [2.75, 3.05) is 5.32 Å². The second-order valence-corrected chi connectivity index (χ2v) is 5.46. The molecule has 0 saturated heterocycles. The van der Waals surface area contributed by atoms with Crippen LogP contribution in [0.4, 0.5) is 10.1 Å². The van der Waals surface area contributed by atoms with Crippen molar-refractivity contribution in [1.29, 1.82) is 0 Å². The molecule has 1 amide bonds. The summed E-state index contributed by atoms with van der Waals surface area (Å²) in [4.78, 5) is 12.3. The molecule has 0 bridgehead atoms. The van der Waals surface area contributed by atoms with Crippen molar-refractivity contribution in [3.8, 4) is 11.3 Å². The molecule has 1 heterocycles. The highest BCUT2D eigenvalue weighted by atomic mass is 35.5. The molecular formula is C18H13ClFNO2. The molecule has 0 unspecified atom stereocenters. The average Bonchev–Trinajstić information content (AvgIpc) is 2.92. The zero-order valence-electron chi connectivity index (χ0n) is 12.3. The van der Waals surface area contributed by atoms with E-state index in [4.69, 9.17) is 16.0 Å². The van der Waals surface area contributed by atoms with Crippen LogP contribution in [-0.2, 0) is 0 Å². The summed E-state index contributed by atoms with van der Waals surface area (Å²) in [6.45, 7) is 1.69. The number of hydrogen-bond donors (Lipinski definition) is 1. The molecule has 0 aliphatic heterocycles. The molecule has 0 saturated carbocycles. The minimum absolute atomic E-state index is 0.131. The first kappa shape index (κ1) is 15.3. The van der Waals surface area contributed by atoms with Crippen LogP contribution < -0.4 is 5.32 Å². The number of halogens is 2. The first-order valence-electron chi connectivity index (χ1n) is 6.97. The molecule has 3 rings (SSSR count). The number of para-hydroxylation sites is 1. The van der Waals surface area contributed by atoms with Gasteiger partial charge in [0, 0.05) is 10.6 Å². The van der Waals surface area contributed by atoms with Crippen LogP contribution in [0.15, 0.2) is 59.0 Å². The number of nitrogens with one attached hydrogen (secondary N) is 1. The van der Waals surface area contributed by atoms with Gasteiger partial charge in [-0.15, -0.1) is 0 Å². The molecule has 0 aliphatic carbocycles. The first-order valence-corrected chi connectivity index (χ1v) is 7.34. The minimum Gasteiger partial charge on any atom is -0.461 e. The zero-order valence-corrected chi connectivity index (χ0v) is 13.0. The number of carbonyl (C=O) groups is 1. The van der Waals surface area contributed by atoms with Gasteiger partial charge in [-0.25, -0.2) is 4.39 Å². The molecule has 0 aliphatic rings. The molecule has 5 heteroatoms. The largest absolute Gasteiger partial charge is 0.461 e. The van der Waals surface area contributed by atoms with E-state index < -0.39 is 11.7 Å². The van der Waals surface area contributed by atoms with Crippen LogP contribution in [0, 0.1) is 12.7 Å². The average molecular weight is 330 g/mol. The number of anilines is 1. The molecule has 3 aromatic rings. The van der Waals surface area contributed by atoms with E-state index in [1.807, 2.05) is 0 Å². The predicted octanol–water partition coefficient (Wildman–Crippen LogP) is 5.30. The van der Waals surface area contributed by atoms with Gasteiger partial charge in [-0.1, -0.05) is 23.7 Å². The summed E-state index contributed by atoms with van der Waals surface area (Å²) in [5, 5.41) is 3.17. The summed E-state index contributed by atoms with van der Waals surface area (Å²) in [5.41, 5.74) is 1.30. The fourth-order valence-electron chi connectivity index (χ4n) is 2.22. The van der Waals surface area contributed by atoms with Crippen LogP contribution in [0.2, 0.25) is 5.02 Å². The van der Waals surface area contributed by atoms with Gasteiger partial charge in [-0.2, -0.15) is 0 Å². The van der Waals surface area contributed by atoms with Crippen LogP contribution >= 0.6 is 11.6 Å². The molecule has 0 fully saturated rings. The standard InChI is InChI=1S/C18H13ClFNO2/c1-11-14(18(22)21-16-5-3-2-4-15(16)20)10-17(23-11)12-6-8-13(19)9-7-12/h2-10H,1H3,(H,21,22). The van der Waals surface area contributed by atoms with Crippen molar-refractivity contribution in [3.05, 3.63) is 76.8 Å². The molecule has 0 atom stereocenters. The number of rotatable bonds is 3. The van der Waals surface area contributed by atoms with Gasteiger partial charge >= 0.3 is 0 Å². The fourth-order valence-corrected chi connectivity index (χ4v) is 2.34. The summed E-state index contributed by atoms with van der Waals surface area (Å²) >= 11 is 5.86. The van der Waals surface area contributed by atoms with Crippen LogP contribution in [0.5, 0.6) is 0 Å². The van der Waals surface area contributed by atoms with Gasteiger partial charge in [0.15, 0.2) is 0 Å². The smallest absolute Gasteiger partial charge is 0.259 e. The molecule has 23 heavy (non-hydrogen) atoms. The van der Waals surface area contributed by atoms with Crippen molar-refractivity contribution in [2.45, 2.75) is 6.92 Å². The number of aryl methyl sites for hydroxylation is 1. The van der Waals surface area contributed by atoms with Crippen molar-refractivity contribution in [2.24, 2.45) is 0 Å². The topological polar surface area (TPSA) is 42.2 Å². The van der Waals surface area contributed by atoms with E-state index in [1.54, 1.807) is 49.4 Å². The monoisotopic (exact) mass is 329 g/mol. The van der Waals surface area contributed by atoms with Gasteiger partial charge in [0.1, 0.15) is 17.3 Å². The molecular weight excluding hydrogens is 317 g/mol. The SMILES string of the molecule is Cc1oc(-c2ccc(Cl)cc2)cc1C(=O)Nc1ccccc1F. The van der Waals surface area contributed by atoms with Gasteiger partial charge in [0.25, 0.3) is 5.91 Å². The van der Waals surface area contributed by atoms with Crippen LogP contribution in [-0.4, -0.2) is 5.91 Å². The van der Waals surface area contributed by atoms with Gasteiger partial charge in [-0.05, 0) is 49.4 Å². The second-order valence-electron chi connectivity index (χ2n) is 5.02. The molecule has 116 valence electrons. The van der Waals surface area contributed by atoms with E-state index in [2.05, 4.69) is 5.32 Å². The third kappa shape index (κ3) is 3.27. The lowest BCUT2D eigenvalue weighted by molar-refractivity contribution is 0.102. The summed E-state index contributed by atoms with van der Waals surface area (Å²) < 4.78 is 19.3. The van der Waals surface area contributed by atoms with Gasteiger partial charge in [0.05, 0.1) is 11.3 Å². The maximum atomic E-state index is 13.6. The molecule has 0 radical (unpaired) electrons. The lowest BCUT2D eigenvalue weighted by atomic mass is 10.1. The maximum absolute atomic E-state index is 13.6. The van der Waals surface area contributed by atoms with E-state index in [0.717, 1.165) is 5.56 Å². The second kappa shape index (κ2) is 6.26. The number of hydrogen-bond acceptors (Lipinski definition) is 2. The maximum Gasteiger partial charge on any atom is 0.259 e. The Labute approximate surface area is 137 Å². The Hall–Kier alpha value is -2.59. The number of amides is 1. The normalized spacial score (nSPS) is 10.6. The third-order valence-corrected chi connectivity index (χ3v) is 3.67. The Balaban J connectivity index is 1.87. The number of benzene rings is 2. The zero-order chi connectivity index (χ0) is 16.4. The Bertz CT molecular complexity index is 856. The summed E-state index contributed by atoms with van der Waals surface area (Å²) in [6, 6.07) is 14.7. The lowest BCUT2D eigenvalue weighted by Gasteiger charge is -2.04.